The molecule has 1 N–H and O–H groups in total. The van der Waals surface area contributed by atoms with E-state index in [1.165, 1.54) is 11.3 Å². The number of aromatic nitrogens is 2. The summed E-state index contributed by atoms with van der Waals surface area (Å²) in [5.41, 5.74) is 1.43. The number of rotatable bonds is 6. The van der Waals surface area contributed by atoms with Crippen molar-refractivity contribution in [2.24, 2.45) is 0 Å². The number of hydrogen-bond acceptors (Lipinski definition) is 5. The number of carbonyl (C=O) groups is 1. The van der Waals surface area contributed by atoms with Gasteiger partial charge in [-0.05, 0) is 19.1 Å². The molecule has 2 heterocycles. The predicted molar refractivity (Wildman–Crippen MR) is 83.3 cm³/mol. The van der Waals surface area contributed by atoms with E-state index < -0.39 is 0 Å². The fraction of sp³-hybridized carbons (Fsp3) is 0.267. The third kappa shape index (κ3) is 3.53. The first kappa shape index (κ1) is 15.3. The number of carbonyl (C=O) groups excluding carboxylic acids is 1. The number of thiazole rings is 1. The highest BCUT2D eigenvalue weighted by Gasteiger charge is 2.21. The van der Waals surface area contributed by atoms with E-state index in [0.29, 0.717) is 17.1 Å². The van der Waals surface area contributed by atoms with Crippen LogP contribution in [0, 0.1) is 6.92 Å². The monoisotopic (exact) mass is 303 g/mol. The molecule has 1 amide bonds. The van der Waals surface area contributed by atoms with Gasteiger partial charge in [0.2, 0.25) is 0 Å². The Morgan fingerprint density at radius 2 is 2.33 bits per heavy atom. The highest BCUT2D eigenvalue weighted by Crippen LogP contribution is 2.27. The van der Waals surface area contributed by atoms with Crippen molar-refractivity contribution in [1.82, 2.24) is 14.9 Å². The minimum Gasteiger partial charge on any atom is -0.395 e. The number of aliphatic hydroxyl groups excluding tert-OH is 1. The minimum absolute atomic E-state index is 0.0788. The van der Waals surface area contributed by atoms with Gasteiger partial charge in [0.05, 0.1) is 18.0 Å². The highest BCUT2D eigenvalue weighted by molar-refractivity contribution is 7.17. The lowest BCUT2D eigenvalue weighted by Crippen LogP contribution is -2.33. The maximum absolute atomic E-state index is 12.5. The summed E-state index contributed by atoms with van der Waals surface area (Å²) in [6, 6.07) is 5.58. The molecule has 2 aromatic heterocycles. The van der Waals surface area contributed by atoms with E-state index in [1.54, 1.807) is 24.1 Å². The van der Waals surface area contributed by atoms with E-state index in [1.807, 2.05) is 18.2 Å². The molecule has 0 radical (unpaired) electrons. The van der Waals surface area contributed by atoms with Gasteiger partial charge in [0.25, 0.3) is 5.91 Å². The molecule has 0 aliphatic rings. The molecule has 0 atom stereocenters. The Bertz CT molecular complexity index is 625. The first-order valence-corrected chi connectivity index (χ1v) is 7.39. The molecule has 0 fully saturated rings. The molecule has 110 valence electrons. The van der Waals surface area contributed by atoms with Crippen LogP contribution in [0.4, 0.5) is 0 Å². The van der Waals surface area contributed by atoms with Crippen molar-refractivity contribution < 1.29 is 9.90 Å². The Morgan fingerprint density at radius 3 is 2.95 bits per heavy atom. The molecule has 6 heteroatoms. The molecule has 0 unspecified atom stereocenters. The Morgan fingerprint density at radius 1 is 1.52 bits per heavy atom. The lowest BCUT2D eigenvalue weighted by Gasteiger charge is -2.19. The van der Waals surface area contributed by atoms with Gasteiger partial charge in [-0.15, -0.1) is 17.9 Å². The van der Waals surface area contributed by atoms with Crippen LogP contribution in [0.25, 0.3) is 10.7 Å². The second-order valence-electron chi connectivity index (χ2n) is 4.41. The van der Waals surface area contributed by atoms with E-state index >= 15 is 0 Å². The Labute approximate surface area is 127 Å². The van der Waals surface area contributed by atoms with Gasteiger partial charge in [0.15, 0.2) is 0 Å². The molecule has 2 aromatic rings. The summed E-state index contributed by atoms with van der Waals surface area (Å²) in [4.78, 5) is 23.3. The fourth-order valence-corrected chi connectivity index (χ4v) is 2.90. The first-order valence-electron chi connectivity index (χ1n) is 6.57. The first-order chi connectivity index (χ1) is 10.2. The molecule has 0 aliphatic heterocycles. The third-order valence-corrected chi connectivity index (χ3v) is 4.05. The van der Waals surface area contributed by atoms with Crippen LogP contribution in [-0.2, 0) is 0 Å². The Balaban J connectivity index is 2.30. The van der Waals surface area contributed by atoms with Crippen LogP contribution in [0.2, 0.25) is 0 Å². The SMILES string of the molecule is C=CCN(CCO)C(=O)c1sc(-c2ccccn2)nc1C. The van der Waals surface area contributed by atoms with Crippen LogP contribution in [0.3, 0.4) is 0 Å². The van der Waals surface area contributed by atoms with E-state index in [-0.39, 0.29) is 19.1 Å². The molecule has 0 aliphatic carbocycles. The predicted octanol–water partition coefficient (Wildman–Crippen LogP) is 2.13. The van der Waals surface area contributed by atoms with Crippen LogP contribution in [0.15, 0.2) is 37.1 Å². The zero-order valence-corrected chi connectivity index (χ0v) is 12.6. The summed E-state index contributed by atoms with van der Waals surface area (Å²) < 4.78 is 0. The Kier molecular flexibility index (Phi) is 5.19. The molecule has 0 saturated carbocycles. The van der Waals surface area contributed by atoms with Gasteiger partial charge < -0.3 is 10.0 Å². The van der Waals surface area contributed by atoms with Crippen molar-refractivity contribution in [1.29, 1.82) is 0 Å². The van der Waals surface area contributed by atoms with Crippen molar-refractivity contribution in [2.75, 3.05) is 19.7 Å². The summed E-state index contributed by atoms with van der Waals surface area (Å²) in [5.74, 6) is -0.138. The van der Waals surface area contributed by atoms with E-state index in [4.69, 9.17) is 5.11 Å². The molecule has 5 nitrogen and oxygen atoms in total. The number of aliphatic hydroxyl groups is 1. The second-order valence-corrected chi connectivity index (χ2v) is 5.41. The van der Waals surface area contributed by atoms with Crippen LogP contribution >= 0.6 is 11.3 Å². The van der Waals surface area contributed by atoms with Crippen molar-refractivity contribution in [3.05, 3.63) is 47.6 Å². The van der Waals surface area contributed by atoms with E-state index in [0.717, 1.165) is 10.7 Å². The van der Waals surface area contributed by atoms with Gasteiger partial charge in [-0.25, -0.2) is 4.98 Å². The molecule has 0 spiro atoms. The standard InChI is InChI=1S/C15H17N3O2S/c1-3-8-18(9-10-19)15(20)13-11(2)17-14(21-13)12-6-4-5-7-16-12/h3-7,19H,1,8-10H2,2H3. The van der Waals surface area contributed by atoms with Crippen molar-refractivity contribution in [2.45, 2.75) is 6.92 Å². The summed E-state index contributed by atoms with van der Waals surface area (Å²) in [6.45, 7) is 6.04. The number of nitrogens with zero attached hydrogens (tertiary/aromatic N) is 3. The zero-order valence-electron chi connectivity index (χ0n) is 11.8. The van der Waals surface area contributed by atoms with Gasteiger partial charge in [-0.1, -0.05) is 12.1 Å². The quantitative estimate of drug-likeness (QED) is 0.830. The van der Waals surface area contributed by atoms with Gasteiger partial charge in [-0.2, -0.15) is 0 Å². The van der Waals surface area contributed by atoms with Crippen LogP contribution in [0.5, 0.6) is 0 Å². The lowest BCUT2D eigenvalue weighted by atomic mass is 10.3. The summed E-state index contributed by atoms with van der Waals surface area (Å²) in [6.07, 6.45) is 3.34. The van der Waals surface area contributed by atoms with Gasteiger partial charge in [0, 0.05) is 19.3 Å². The lowest BCUT2D eigenvalue weighted by molar-refractivity contribution is 0.0746. The number of amides is 1. The Hall–Kier alpha value is -2.05. The van der Waals surface area contributed by atoms with Crippen molar-refractivity contribution in [3.8, 4) is 10.7 Å². The van der Waals surface area contributed by atoms with Crippen LogP contribution in [0.1, 0.15) is 15.4 Å². The number of pyridine rings is 1. The molecule has 21 heavy (non-hydrogen) atoms. The molecule has 0 aromatic carbocycles. The maximum Gasteiger partial charge on any atom is 0.266 e. The van der Waals surface area contributed by atoms with Crippen LogP contribution < -0.4 is 0 Å². The van der Waals surface area contributed by atoms with Gasteiger partial charge in [-0.3, -0.25) is 9.78 Å². The number of hydrogen-bond donors (Lipinski definition) is 1. The summed E-state index contributed by atoms with van der Waals surface area (Å²) in [7, 11) is 0. The van der Waals surface area contributed by atoms with Crippen molar-refractivity contribution in [3.63, 3.8) is 0 Å². The molecule has 2 rings (SSSR count). The van der Waals surface area contributed by atoms with Crippen molar-refractivity contribution >= 4 is 17.2 Å². The average Bonchev–Trinajstić information content (AvgIpc) is 2.89. The smallest absolute Gasteiger partial charge is 0.266 e. The topological polar surface area (TPSA) is 66.3 Å². The largest absolute Gasteiger partial charge is 0.395 e. The molecule has 0 bridgehead atoms. The normalized spacial score (nSPS) is 10.4. The summed E-state index contributed by atoms with van der Waals surface area (Å²) in [5, 5.41) is 9.78. The molecular formula is C15H17N3O2S. The average molecular weight is 303 g/mol. The van der Waals surface area contributed by atoms with E-state index in [2.05, 4.69) is 16.5 Å². The van der Waals surface area contributed by atoms with Crippen LogP contribution in [-0.4, -0.2) is 45.6 Å². The maximum atomic E-state index is 12.5. The fourth-order valence-electron chi connectivity index (χ4n) is 1.89. The highest BCUT2D eigenvalue weighted by atomic mass is 32.1. The van der Waals surface area contributed by atoms with Gasteiger partial charge >= 0.3 is 0 Å². The third-order valence-electron chi connectivity index (χ3n) is 2.88. The minimum atomic E-state index is -0.138. The second kappa shape index (κ2) is 7.10. The zero-order chi connectivity index (χ0) is 15.2. The molecule has 0 saturated heterocycles. The van der Waals surface area contributed by atoms with Gasteiger partial charge in [0.1, 0.15) is 9.88 Å². The summed E-state index contributed by atoms with van der Waals surface area (Å²) >= 11 is 1.32. The number of aryl methyl sites for hydroxylation is 1. The molecular weight excluding hydrogens is 286 g/mol. The van der Waals surface area contributed by atoms with E-state index in [9.17, 15) is 4.79 Å².